The number of nitrogens with zero attached hydrogens (tertiary/aromatic N) is 2. The normalized spacial score (nSPS) is 14.4. The van der Waals surface area contributed by atoms with Crippen molar-refractivity contribution in [2.24, 2.45) is 0 Å². The van der Waals surface area contributed by atoms with Crippen molar-refractivity contribution in [3.63, 3.8) is 0 Å². The molecular weight excluding hydrogens is 621 g/mol. The smallest absolute Gasteiger partial charge is 0.263 e. The van der Waals surface area contributed by atoms with Crippen molar-refractivity contribution < 1.29 is 14.4 Å². The van der Waals surface area contributed by atoms with E-state index in [1.807, 2.05) is 11.8 Å². The second-order valence-electron chi connectivity index (χ2n) is 13.9. The molecule has 0 aromatic carbocycles. The van der Waals surface area contributed by atoms with E-state index in [9.17, 15) is 14.4 Å². The van der Waals surface area contributed by atoms with Gasteiger partial charge in [0.25, 0.3) is 17.7 Å². The van der Waals surface area contributed by atoms with E-state index in [1.165, 1.54) is 88.4 Å². The predicted molar refractivity (Wildman–Crippen MR) is 201 cm³/mol. The van der Waals surface area contributed by atoms with Crippen LogP contribution >= 0.6 is 22.7 Å². The lowest BCUT2D eigenvalue weighted by molar-refractivity contribution is 0.0562. The van der Waals surface area contributed by atoms with E-state index in [4.69, 9.17) is 0 Å². The fraction of sp³-hybridized carbons (Fsp3) is 0.675. The Morgan fingerprint density at radius 3 is 1.45 bits per heavy atom. The number of fused-ring (bicyclic) bond motifs is 2. The highest BCUT2D eigenvalue weighted by Crippen LogP contribution is 2.51. The van der Waals surface area contributed by atoms with Crippen molar-refractivity contribution in [2.45, 2.75) is 169 Å². The summed E-state index contributed by atoms with van der Waals surface area (Å²) in [5, 5.41) is 0. The average Bonchev–Trinajstić information content (AvgIpc) is 3.73. The van der Waals surface area contributed by atoms with Gasteiger partial charge in [-0.2, -0.15) is 0 Å². The third-order valence-electron chi connectivity index (χ3n) is 10.2. The summed E-state index contributed by atoms with van der Waals surface area (Å²) in [6.45, 7) is 15.7. The first-order valence-corrected chi connectivity index (χ1v) is 20.6. The highest BCUT2D eigenvalue weighted by atomic mass is 32.1. The lowest BCUT2D eigenvalue weighted by Gasteiger charge is -2.27. The van der Waals surface area contributed by atoms with Gasteiger partial charge in [0.05, 0.1) is 26.4 Å². The molecule has 0 aliphatic carbocycles. The lowest BCUT2D eigenvalue weighted by Crippen LogP contribution is -2.40. The summed E-state index contributed by atoms with van der Waals surface area (Å²) in [6.07, 6.45) is 23.1. The van der Waals surface area contributed by atoms with Crippen LogP contribution in [0.1, 0.15) is 196 Å². The summed E-state index contributed by atoms with van der Waals surface area (Å²) < 4.78 is 0. The summed E-state index contributed by atoms with van der Waals surface area (Å²) in [5.74, 6) is -0.285. The van der Waals surface area contributed by atoms with Gasteiger partial charge in [0.15, 0.2) is 0 Å². The molecule has 0 fully saturated rings. The van der Waals surface area contributed by atoms with Crippen molar-refractivity contribution in [3.8, 4) is 9.75 Å². The molecule has 0 radical (unpaired) electrons. The minimum Gasteiger partial charge on any atom is -0.308 e. The van der Waals surface area contributed by atoms with Crippen LogP contribution in [0.2, 0.25) is 0 Å². The molecule has 4 rings (SSSR count). The first kappa shape index (κ1) is 37.6. The molecule has 4 heterocycles. The molecule has 2 aliphatic rings. The molecule has 0 saturated carbocycles. The summed E-state index contributed by atoms with van der Waals surface area (Å²) in [5.41, 5.74) is 3.50. The Morgan fingerprint density at radius 1 is 0.532 bits per heavy atom. The monoisotopic (exact) mass is 680 g/mol. The highest BCUT2D eigenvalue weighted by Gasteiger charge is 2.46. The van der Waals surface area contributed by atoms with Gasteiger partial charge in [0.1, 0.15) is 0 Å². The minimum atomic E-state index is -0.153. The highest BCUT2D eigenvalue weighted by molar-refractivity contribution is 7.23. The number of hydrogen-bond donors (Lipinski definition) is 0. The lowest BCUT2D eigenvalue weighted by atomic mass is 9.98. The van der Waals surface area contributed by atoms with Crippen LogP contribution in [0.4, 0.5) is 0 Å². The molecule has 0 saturated heterocycles. The summed E-state index contributed by atoms with van der Waals surface area (Å²) in [4.78, 5) is 49.5. The summed E-state index contributed by atoms with van der Waals surface area (Å²) >= 11 is 3.08. The molecule has 47 heavy (non-hydrogen) atoms. The van der Waals surface area contributed by atoms with Crippen LogP contribution in [0.25, 0.3) is 15.5 Å². The Morgan fingerprint density at radius 2 is 0.936 bits per heavy atom. The SMILES string of the molecule is C=C1c2c(C)sc(-c3sc(C)c4c3C(=O)N(C(CCCCCCCC)CCCCCCCC)C4=O)c2C(=O)N1CCCCCCCC. The van der Waals surface area contributed by atoms with Gasteiger partial charge >= 0.3 is 0 Å². The van der Waals surface area contributed by atoms with Gasteiger partial charge in [-0.05, 0) is 33.1 Å². The number of carbonyl (C=O) groups is 3. The number of amides is 3. The summed E-state index contributed by atoms with van der Waals surface area (Å²) in [6, 6.07) is -0.0676. The van der Waals surface area contributed by atoms with Crippen LogP contribution in [0, 0.1) is 13.8 Å². The quantitative estimate of drug-likeness (QED) is 0.0867. The molecular formula is C40H60N2O3S2. The predicted octanol–water partition coefficient (Wildman–Crippen LogP) is 12.3. The zero-order chi connectivity index (χ0) is 33.9. The number of imide groups is 1. The molecule has 0 atom stereocenters. The third-order valence-corrected chi connectivity index (χ3v) is 12.6. The van der Waals surface area contributed by atoms with E-state index in [-0.39, 0.29) is 23.8 Å². The Kier molecular flexibility index (Phi) is 14.8. The van der Waals surface area contributed by atoms with Crippen molar-refractivity contribution in [2.75, 3.05) is 6.54 Å². The maximum Gasteiger partial charge on any atom is 0.263 e. The van der Waals surface area contributed by atoms with Gasteiger partial charge in [-0.15, -0.1) is 22.7 Å². The molecule has 0 N–H and O–H groups in total. The Bertz CT molecular complexity index is 1370. The van der Waals surface area contributed by atoms with Gasteiger partial charge in [-0.25, -0.2) is 0 Å². The van der Waals surface area contributed by atoms with E-state index >= 15 is 0 Å². The number of thiophene rings is 2. The number of aryl methyl sites for hydroxylation is 2. The zero-order valence-electron chi connectivity index (χ0n) is 30.1. The van der Waals surface area contributed by atoms with Crippen molar-refractivity contribution in [1.82, 2.24) is 9.80 Å². The maximum atomic E-state index is 14.4. The van der Waals surface area contributed by atoms with Gasteiger partial charge in [-0.1, -0.05) is 137 Å². The first-order chi connectivity index (χ1) is 22.8. The molecule has 7 heteroatoms. The molecule has 5 nitrogen and oxygen atoms in total. The molecule has 0 bridgehead atoms. The number of hydrogen-bond acceptors (Lipinski definition) is 5. The molecule has 2 aromatic rings. The van der Waals surface area contributed by atoms with E-state index in [0.717, 1.165) is 82.1 Å². The fourth-order valence-corrected chi connectivity index (χ4v) is 9.94. The van der Waals surface area contributed by atoms with Crippen LogP contribution in [0.15, 0.2) is 6.58 Å². The number of rotatable bonds is 23. The largest absolute Gasteiger partial charge is 0.308 e. The molecule has 0 spiro atoms. The van der Waals surface area contributed by atoms with E-state index in [0.29, 0.717) is 23.2 Å². The Balaban J connectivity index is 1.54. The standard InChI is InChI=1S/C40H60N2O3S2/c1-7-10-13-16-19-22-25-31(26-23-20-17-14-11-8-2)42-39(44)33-30(6)47-37(35(33)40(42)45)36-34-32(29(5)46-36)28(4)41(38(34)43)27-24-21-18-15-12-9-3/h31H,4,7-27H2,1-3,5-6H3. The minimum absolute atomic E-state index is 0.00429. The van der Waals surface area contributed by atoms with Crippen molar-refractivity contribution >= 4 is 46.1 Å². The van der Waals surface area contributed by atoms with Gasteiger partial charge in [0, 0.05) is 33.6 Å². The van der Waals surface area contributed by atoms with Gasteiger partial charge in [0.2, 0.25) is 0 Å². The number of carbonyl (C=O) groups excluding carboxylic acids is 3. The van der Waals surface area contributed by atoms with E-state index < -0.39 is 0 Å². The number of unbranched alkanes of at least 4 members (excludes halogenated alkanes) is 15. The second-order valence-corrected chi connectivity index (χ2v) is 16.3. The molecule has 0 unspecified atom stereocenters. The van der Waals surface area contributed by atoms with E-state index in [2.05, 4.69) is 34.3 Å². The first-order valence-electron chi connectivity index (χ1n) is 18.9. The van der Waals surface area contributed by atoms with Crippen LogP contribution in [-0.4, -0.2) is 40.1 Å². The third kappa shape index (κ3) is 8.68. The van der Waals surface area contributed by atoms with Crippen molar-refractivity contribution in [1.29, 1.82) is 0 Å². The van der Waals surface area contributed by atoms with E-state index in [1.54, 1.807) is 16.2 Å². The van der Waals surface area contributed by atoms with Gasteiger partial charge in [-0.3, -0.25) is 19.3 Å². The molecule has 3 amide bonds. The van der Waals surface area contributed by atoms with Crippen LogP contribution in [0.3, 0.4) is 0 Å². The average molecular weight is 681 g/mol. The molecule has 2 aromatic heterocycles. The van der Waals surface area contributed by atoms with Crippen LogP contribution in [0.5, 0.6) is 0 Å². The molecule has 260 valence electrons. The Labute approximate surface area is 293 Å². The van der Waals surface area contributed by atoms with Crippen LogP contribution < -0.4 is 0 Å². The maximum absolute atomic E-state index is 14.4. The second kappa shape index (κ2) is 18.5. The van der Waals surface area contributed by atoms with Crippen LogP contribution in [-0.2, 0) is 0 Å². The summed E-state index contributed by atoms with van der Waals surface area (Å²) in [7, 11) is 0. The van der Waals surface area contributed by atoms with Gasteiger partial charge < -0.3 is 4.90 Å². The van der Waals surface area contributed by atoms with Crippen molar-refractivity contribution in [3.05, 3.63) is 38.6 Å². The Hall–Kier alpha value is -2.25. The topological polar surface area (TPSA) is 57.7 Å². The zero-order valence-corrected chi connectivity index (χ0v) is 31.7. The fourth-order valence-electron chi connectivity index (χ4n) is 7.49. The molecule has 2 aliphatic heterocycles.